The molecule has 2 fully saturated rings. The molecule has 0 spiro atoms. The summed E-state index contributed by atoms with van der Waals surface area (Å²) in [6.07, 6.45) is 1.37. The summed E-state index contributed by atoms with van der Waals surface area (Å²) in [6.45, 7) is 5.15. The van der Waals surface area contributed by atoms with Gasteiger partial charge in [-0.2, -0.15) is 0 Å². The molecule has 2 N–H and O–H groups in total. The molecule has 1 aromatic rings. The number of likely N-dealkylation sites (tertiary alicyclic amines) is 1. The number of nitrogens with two attached hydrogens (primary N) is 1. The van der Waals surface area contributed by atoms with Crippen molar-refractivity contribution < 1.29 is 14.3 Å². The molecule has 0 unspecified atom stereocenters. The van der Waals surface area contributed by atoms with Gasteiger partial charge in [0.15, 0.2) is 0 Å². The number of carbonyl (C=O) groups is 2. The first-order valence-electron chi connectivity index (χ1n) is 9.26. The van der Waals surface area contributed by atoms with E-state index in [1.807, 2.05) is 23.1 Å². The van der Waals surface area contributed by atoms with Gasteiger partial charge in [-0.15, -0.1) is 0 Å². The Balaban J connectivity index is 1.47. The van der Waals surface area contributed by atoms with Crippen LogP contribution in [0.4, 0.5) is 5.69 Å². The molecule has 142 valence electrons. The van der Waals surface area contributed by atoms with E-state index in [2.05, 4.69) is 15.9 Å². The number of rotatable bonds is 5. The van der Waals surface area contributed by atoms with Crippen molar-refractivity contribution in [2.75, 3.05) is 57.8 Å². The van der Waals surface area contributed by atoms with E-state index in [1.54, 1.807) is 7.11 Å². The molecule has 2 heterocycles. The molecule has 1 aromatic carbocycles. The van der Waals surface area contributed by atoms with Gasteiger partial charge < -0.3 is 20.3 Å². The molecule has 2 aliphatic heterocycles. The Morgan fingerprint density at radius 2 is 1.73 bits per heavy atom. The highest BCUT2D eigenvalue weighted by molar-refractivity contribution is 5.80. The number of hydrogen-bond donors (Lipinski definition) is 1. The van der Waals surface area contributed by atoms with Crippen molar-refractivity contribution in [3.05, 3.63) is 24.3 Å². The van der Waals surface area contributed by atoms with Gasteiger partial charge in [0.2, 0.25) is 11.8 Å². The molecule has 26 heavy (non-hydrogen) atoms. The molecular formula is C19H28N4O3. The highest BCUT2D eigenvalue weighted by atomic mass is 16.5. The van der Waals surface area contributed by atoms with E-state index in [-0.39, 0.29) is 17.7 Å². The second kappa shape index (κ2) is 8.40. The van der Waals surface area contributed by atoms with E-state index in [0.717, 1.165) is 37.6 Å². The standard InChI is InChI=1S/C19H28N4O3/c1-26-17-5-3-2-4-16(17)22-12-10-21(11-13-22)14-18(24)23-8-6-15(7-9-23)19(20)25/h2-5,15H,6-14H2,1H3,(H2,20,25). The minimum atomic E-state index is -0.246. The van der Waals surface area contributed by atoms with Crippen LogP contribution in [0.1, 0.15) is 12.8 Å². The van der Waals surface area contributed by atoms with E-state index in [4.69, 9.17) is 10.5 Å². The van der Waals surface area contributed by atoms with Crippen LogP contribution in [0.5, 0.6) is 5.75 Å². The number of amides is 2. The zero-order chi connectivity index (χ0) is 18.5. The van der Waals surface area contributed by atoms with Crippen LogP contribution in [0.15, 0.2) is 24.3 Å². The summed E-state index contributed by atoms with van der Waals surface area (Å²) in [5.41, 5.74) is 6.46. The first-order valence-corrected chi connectivity index (χ1v) is 9.26. The zero-order valence-corrected chi connectivity index (χ0v) is 15.4. The lowest BCUT2D eigenvalue weighted by atomic mass is 9.96. The molecule has 3 rings (SSSR count). The van der Waals surface area contributed by atoms with Gasteiger partial charge in [-0.1, -0.05) is 12.1 Å². The number of carbonyl (C=O) groups excluding carboxylic acids is 2. The predicted molar refractivity (Wildman–Crippen MR) is 100 cm³/mol. The molecular weight excluding hydrogens is 332 g/mol. The Bertz CT molecular complexity index is 635. The average Bonchev–Trinajstić information content (AvgIpc) is 2.68. The lowest BCUT2D eigenvalue weighted by Crippen LogP contribution is -2.51. The zero-order valence-electron chi connectivity index (χ0n) is 15.4. The smallest absolute Gasteiger partial charge is 0.236 e. The number of ether oxygens (including phenoxy) is 1. The van der Waals surface area contributed by atoms with Gasteiger partial charge in [-0.3, -0.25) is 14.5 Å². The summed E-state index contributed by atoms with van der Waals surface area (Å²) < 4.78 is 5.45. The molecule has 7 nitrogen and oxygen atoms in total. The molecule has 0 saturated carbocycles. The molecule has 2 aliphatic rings. The fourth-order valence-electron chi connectivity index (χ4n) is 3.74. The SMILES string of the molecule is COc1ccccc1N1CCN(CC(=O)N2CCC(C(N)=O)CC2)CC1. The van der Waals surface area contributed by atoms with Crippen LogP contribution in [-0.4, -0.2) is 74.5 Å². The number of para-hydroxylation sites is 2. The number of methoxy groups -OCH3 is 1. The van der Waals surface area contributed by atoms with E-state index in [1.165, 1.54) is 0 Å². The van der Waals surface area contributed by atoms with Gasteiger partial charge >= 0.3 is 0 Å². The summed E-state index contributed by atoms with van der Waals surface area (Å²) in [4.78, 5) is 30.1. The van der Waals surface area contributed by atoms with E-state index in [0.29, 0.717) is 32.5 Å². The predicted octanol–water partition coefficient (Wildman–Crippen LogP) is 0.541. The fourth-order valence-corrected chi connectivity index (χ4v) is 3.74. The lowest BCUT2D eigenvalue weighted by Gasteiger charge is -2.38. The molecule has 0 aromatic heterocycles. The average molecular weight is 360 g/mol. The third-order valence-corrected chi connectivity index (χ3v) is 5.41. The Hall–Kier alpha value is -2.28. The highest BCUT2D eigenvalue weighted by Crippen LogP contribution is 2.28. The van der Waals surface area contributed by atoms with Crippen molar-refractivity contribution >= 4 is 17.5 Å². The molecule has 0 radical (unpaired) electrons. The molecule has 0 bridgehead atoms. The van der Waals surface area contributed by atoms with Crippen molar-refractivity contribution in [2.24, 2.45) is 11.7 Å². The lowest BCUT2D eigenvalue weighted by molar-refractivity contribution is -0.136. The number of piperidine rings is 1. The van der Waals surface area contributed by atoms with Gasteiger partial charge in [0, 0.05) is 45.2 Å². The number of hydrogen-bond acceptors (Lipinski definition) is 5. The molecule has 0 atom stereocenters. The summed E-state index contributed by atoms with van der Waals surface area (Å²) in [6, 6.07) is 8.03. The number of piperazine rings is 1. The second-order valence-corrected chi connectivity index (χ2v) is 6.99. The Morgan fingerprint density at radius 3 is 2.35 bits per heavy atom. The Morgan fingerprint density at radius 1 is 1.08 bits per heavy atom. The normalized spacial score (nSPS) is 19.4. The number of benzene rings is 1. The van der Waals surface area contributed by atoms with Gasteiger partial charge in [-0.05, 0) is 25.0 Å². The minimum Gasteiger partial charge on any atom is -0.495 e. The van der Waals surface area contributed by atoms with Crippen molar-refractivity contribution in [3.63, 3.8) is 0 Å². The third kappa shape index (κ3) is 4.27. The monoisotopic (exact) mass is 360 g/mol. The van der Waals surface area contributed by atoms with Crippen molar-refractivity contribution in [3.8, 4) is 5.75 Å². The third-order valence-electron chi connectivity index (χ3n) is 5.41. The van der Waals surface area contributed by atoms with Crippen LogP contribution >= 0.6 is 0 Å². The minimum absolute atomic E-state index is 0.0801. The van der Waals surface area contributed by atoms with E-state index >= 15 is 0 Å². The largest absolute Gasteiger partial charge is 0.495 e. The maximum Gasteiger partial charge on any atom is 0.236 e. The summed E-state index contributed by atoms with van der Waals surface area (Å²) >= 11 is 0. The van der Waals surface area contributed by atoms with Gasteiger partial charge in [0.1, 0.15) is 5.75 Å². The molecule has 2 saturated heterocycles. The summed E-state index contributed by atoms with van der Waals surface area (Å²) in [5, 5.41) is 0. The van der Waals surface area contributed by atoms with Crippen molar-refractivity contribution in [2.45, 2.75) is 12.8 Å². The fraction of sp³-hybridized carbons (Fsp3) is 0.579. The highest BCUT2D eigenvalue weighted by Gasteiger charge is 2.28. The maximum atomic E-state index is 12.5. The first-order chi connectivity index (χ1) is 12.6. The van der Waals surface area contributed by atoms with Crippen LogP contribution in [0.25, 0.3) is 0 Å². The summed E-state index contributed by atoms with van der Waals surface area (Å²) in [5.74, 6) is 0.709. The van der Waals surface area contributed by atoms with Crippen LogP contribution < -0.4 is 15.4 Å². The Kier molecular flexibility index (Phi) is 5.98. The van der Waals surface area contributed by atoms with Crippen LogP contribution in [0.3, 0.4) is 0 Å². The summed E-state index contributed by atoms with van der Waals surface area (Å²) in [7, 11) is 1.69. The van der Waals surface area contributed by atoms with E-state index < -0.39 is 0 Å². The first kappa shape index (κ1) is 18.5. The number of primary amides is 1. The number of nitrogens with zero attached hydrogens (tertiary/aromatic N) is 3. The Labute approximate surface area is 154 Å². The second-order valence-electron chi connectivity index (χ2n) is 6.99. The topological polar surface area (TPSA) is 79.1 Å². The molecule has 7 heteroatoms. The van der Waals surface area contributed by atoms with Crippen LogP contribution in [0, 0.1) is 5.92 Å². The van der Waals surface area contributed by atoms with Crippen LogP contribution in [-0.2, 0) is 9.59 Å². The molecule has 2 amide bonds. The van der Waals surface area contributed by atoms with Gasteiger partial charge in [-0.25, -0.2) is 0 Å². The number of anilines is 1. The van der Waals surface area contributed by atoms with E-state index in [9.17, 15) is 9.59 Å². The van der Waals surface area contributed by atoms with Crippen LogP contribution in [0.2, 0.25) is 0 Å². The molecule has 0 aliphatic carbocycles. The maximum absolute atomic E-state index is 12.5. The quantitative estimate of drug-likeness (QED) is 0.829. The van der Waals surface area contributed by atoms with Crippen molar-refractivity contribution in [1.82, 2.24) is 9.80 Å². The van der Waals surface area contributed by atoms with Gasteiger partial charge in [0.05, 0.1) is 19.3 Å². The van der Waals surface area contributed by atoms with Gasteiger partial charge in [0.25, 0.3) is 0 Å². The van der Waals surface area contributed by atoms with Crippen molar-refractivity contribution in [1.29, 1.82) is 0 Å².